The highest BCUT2D eigenvalue weighted by molar-refractivity contribution is 6.14. The lowest BCUT2D eigenvalue weighted by atomic mass is 10.1. The third kappa shape index (κ3) is 4.56. The summed E-state index contributed by atoms with van der Waals surface area (Å²) in [6.07, 6.45) is 1.96. The summed E-state index contributed by atoms with van der Waals surface area (Å²) < 4.78 is 1.44. The maximum absolute atomic E-state index is 13.1. The van der Waals surface area contributed by atoms with Crippen molar-refractivity contribution in [3.05, 3.63) is 119 Å². The summed E-state index contributed by atoms with van der Waals surface area (Å²) in [5, 5.41) is 18.4. The molecular formula is C28H24N4O3. The van der Waals surface area contributed by atoms with E-state index < -0.39 is 11.9 Å². The first-order valence-electron chi connectivity index (χ1n) is 11.3. The predicted octanol–water partition coefficient (Wildman–Crippen LogP) is 4.57. The van der Waals surface area contributed by atoms with Gasteiger partial charge in [0.1, 0.15) is 5.70 Å². The predicted molar refractivity (Wildman–Crippen MR) is 133 cm³/mol. The Balaban J connectivity index is 1.51. The first-order chi connectivity index (χ1) is 17.0. The lowest BCUT2D eigenvalue weighted by molar-refractivity contribution is -0.123. The Morgan fingerprint density at radius 1 is 0.886 bits per heavy atom. The van der Waals surface area contributed by atoms with Crippen LogP contribution in [0.25, 0.3) is 11.8 Å². The fourth-order valence-corrected chi connectivity index (χ4v) is 4.02. The smallest absolute Gasteiger partial charge is 0.329 e. The van der Waals surface area contributed by atoms with Crippen LogP contribution >= 0.6 is 0 Å². The van der Waals surface area contributed by atoms with Crippen LogP contribution in [0, 0.1) is 6.92 Å². The van der Waals surface area contributed by atoms with Crippen molar-refractivity contribution in [2.45, 2.75) is 19.9 Å². The van der Waals surface area contributed by atoms with Crippen LogP contribution in [0.5, 0.6) is 5.88 Å². The molecule has 1 saturated heterocycles. The van der Waals surface area contributed by atoms with Gasteiger partial charge in [-0.3, -0.25) is 9.69 Å². The number of urea groups is 1. The van der Waals surface area contributed by atoms with Crippen molar-refractivity contribution in [1.29, 1.82) is 0 Å². The fraction of sp³-hybridized carbons (Fsp3) is 0.107. The SMILES string of the molecule is Cc1ccc(CN2C(=O)N/C(=C\c3c(Cc4ccccc4)nn(-c4ccccc4)c3O)C2=O)cc1. The van der Waals surface area contributed by atoms with Crippen molar-refractivity contribution < 1.29 is 14.7 Å². The van der Waals surface area contributed by atoms with Crippen molar-refractivity contribution in [3.8, 4) is 11.6 Å². The van der Waals surface area contributed by atoms with E-state index in [0.717, 1.165) is 21.6 Å². The standard InChI is InChI=1S/C28H24N4O3/c1-19-12-14-21(15-13-19)18-31-27(34)25(29-28(31)35)17-23-24(16-20-8-4-2-5-9-20)30-32(26(23)33)22-10-6-3-7-11-22/h2-15,17,33H,16,18H2,1H3,(H,29,35)/b25-17-. The maximum Gasteiger partial charge on any atom is 0.329 e. The fourth-order valence-electron chi connectivity index (χ4n) is 4.02. The van der Waals surface area contributed by atoms with E-state index in [0.29, 0.717) is 23.4 Å². The van der Waals surface area contributed by atoms with Gasteiger partial charge in [0.25, 0.3) is 5.91 Å². The molecule has 2 heterocycles. The number of rotatable bonds is 6. The molecule has 7 nitrogen and oxygen atoms in total. The minimum Gasteiger partial charge on any atom is -0.493 e. The van der Waals surface area contributed by atoms with Gasteiger partial charge < -0.3 is 10.4 Å². The second-order valence-corrected chi connectivity index (χ2v) is 8.46. The average Bonchev–Trinajstić information content (AvgIpc) is 3.32. The molecule has 0 spiro atoms. The summed E-state index contributed by atoms with van der Waals surface area (Å²) in [6, 6.07) is 26.2. The van der Waals surface area contributed by atoms with Gasteiger partial charge in [0, 0.05) is 6.42 Å². The number of hydrogen-bond acceptors (Lipinski definition) is 4. The van der Waals surface area contributed by atoms with E-state index in [1.807, 2.05) is 91.9 Å². The number of nitrogens with one attached hydrogen (secondary N) is 1. The lowest BCUT2D eigenvalue weighted by Gasteiger charge is -2.11. The van der Waals surface area contributed by atoms with Crippen molar-refractivity contribution in [2.24, 2.45) is 0 Å². The van der Waals surface area contributed by atoms with Crippen molar-refractivity contribution in [2.75, 3.05) is 0 Å². The van der Waals surface area contributed by atoms with E-state index in [1.165, 1.54) is 10.8 Å². The molecule has 4 aromatic rings. The van der Waals surface area contributed by atoms with Gasteiger partial charge in [-0.1, -0.05) is 78.4 Å². The molecule has 0 saturated carbocycles. The van der Waals surface area contributed by atoms with E-state index in [2.05, 4.69) is 10.4 Å². The molecule has 5 rings (SSSR count). The van der Waals surface area contributed by atoms with Gasteiger partial charge in [0.2, 0.25) is 5.88 Å². The van der Waals surface area contributed by atoms with Crippen LogP contribution < -0.4 is 5.32 Å². The highest BCUT2D eigenvalue weighted by atomic mass is 16.3. The molecule has 174 valence electrons. The van der Waals surface area contributed by atoms with Gasteiger partial charge >= 0.3 is 6.03 Å². The summed E-state index contributed by atoms with van der Waals surface area (Å²) >= 11 is 0. The van der Waals surface area contributed by atoms with Gasteiger partial charge in [-0.05, 0) is 36.3 Å². The molecule has 2 N–H and O–H groups in total. The van der Waals surface area contributed by atoms with Crippen LogP contribution in [0.3, 0.4) is 0 Å². The number of benzene rings is 3. The Labute approximate surface area is 202 Å². The topological polar surface area (TPSA) is 87.5 Å². The number of aromatic hydroxyl groups is 1. The van der Waals surface area contributed by atoms with E-state index >= 15 is 0 Å². The number of carbonyl (C=O) groups excluding carboxylic acids is 2. The van der Waals surface area contributed by atoms with Crippen molar-refractivity contribution in [3.63, 3.8) is 0 Å². The zero-order chi connectivity index (χ0) is 24.4. The number of hydrogen-bond donors (Lipinski definition) is 2. The molecule has 0 unspecified atom stereocenters. The van der Waals surface area contributed by atoms with Crippen LogP contribution in [0.2, 0.25) is 0 Å². The van der Waals surface area contributed by atoms with Crippen LogP contribution in [-0.2, 0) is 17.8 Å². The maximum atomic E-state index is 13.1. The third-order valence-electron chi connectivity index (χ3n) is 5.90. The van der Waals surface area contributed by atoms with Gasteiger partial charge in [0.15, 0.2) is 0 Å². The van der Waals surface area contributed by atoms with E-state index in [4.69, 9.17) is 0 Å². The molecular weight excluding hydrogens is 440 g/mol. The van der Waals surface area contributed by atoms with Crippen LogP contribution in [-0.4, -0.2) is 31.7 Å². The number of carbonyl (C=O) groups is 2. The number of nitrogens with zero attached hydrogens (tertiary/aromatic N) is 3. The van der Waals surface area contributed by atoms with Gasteiger partial charge in [-0.15, -0.1) is 0 Å². The van der Waals surface area contributed by atoms with Crippen LogP contribution in [0.1, 0.15) is 27.9 Å². The number of aromatic nitrogens is 2. The molecule has 35 heavy (non-hydrogen) atoms. The molecule has 0 aliphatic carbocycles. The number of aryl methyl sites for hydroxylation is 1. The van der Waals surface area contributed by atoms with Gasteiger partial charge in [-0.2, -0.15) is 5.10 Å². The van der Waals surface area contributed by atoms with Crippen LogP contribution in [0.4, 0.5) is 4.79 Å². The normalized spacial score (nSPS) is 14.5. The minimum atomic E-state index is -0.499. The first kappa shape index (κ1) is 22.2. The molecule has 3 aromatic carbocycles. The minimum absolute atomic E-state index is 0.0966. The molecule has 1 aliphatic rings. The number of amides is 3. The van der Waals surface area contributed by atoms with Gasteiger partial charge in [0.05, 0.1) is 23.5 Å². The highest BCUT2D eigenvalue weighted by Crippen LogP contribution is 2.30. The second kappa shape index (κ2) is 9.30. The molecule has 1 aromatic heterocycles. The van der Waals surface area contributed by atoms with E-state index in [9.17, 15) is 14.7 Å². The average molecular weight is 465 g/mol. The quantitative estimate of drug-likeness (QED) is 0.323. The zero-order valence-electron chi connectivity index (χ0n) is 19.2. The summed E-state index contributed by atoms with van der Waals surface area (Å²) in [5.41, 5.74) is 4.72. The number of para-hydroxylation sites is 1. The Hall–Kier alpha value is -4.65. The summed E-state index contributed by atoms with van der Waals surface area (Å²) in [7, 11) is 0. The largest absolute Gasteiger partial charge is 0.493 e. The van der Waals surface area contributed by atoms with Crippen LogP contribution in [0.15, 0.2) is 90.6 Å². The van der Waals surface area contributed by atoms with Crippen molar-refractivity contribution >= 4 is 18.0 Å². The summed E-state index contributed by atoms with van der Waals surface area (Å²) in [4.78, 5) is 26.9. The second-order valence-electron chi connectivity index (χ2n) is 8.46. The zero-order valence-corrected chi connectivity index (χ0v) is 19.2. The molecule has 1 aliphatic heterocycles. The molecule has 0 atom stereocenters. The summed E-state index contributed by atoms with van der Waals surface area (Å²) in [6.45, 7) is 2.14. The molecule has 0 radical (unpaired) electrons. The van der Waals surface area contributed by atoms with E-state index in [-0.39, 0.29) is 18.1 Å². The van der Waals surface area contributed by atoms with Crippen molar-refractivity contribution in [1.82, 2.24) is 20.0 Å². The Bertz CT molecular complexity index is 1410. The molecule has 7 heteroatoms. The Morgan fingerprint density at radius 3 is 2.23 bits per heavy atom. The first-order valence-corrected chi connectivity index (χ1v) is 11.3. The Kier molecular flexibility index (Phi) is 5.89. The molecule has 3 amide bonds. The number of imide groups is 1. The highest BCUT2D eigenvalue weighted by Gasteiger charge is 2.34. The monoisotopic (exact) mass is 464 g/mol. The Morgan fingerprint density at radius 2 is 1.54 bits per heavy atom. The summed E-state index contributed by atoms with van der Waals surface area (Å²) in [5.74, 6) is -0.554. The van der Waals surface area contributed by atoms with Gasteiger partial charge in [-0.25, -0.2) is 9.48 Å². The van der Waals surface area contributed by atoms with E-state index in [1.54, 1.807) is 0 Å². The molecule has 0 bridgehead atoms. The third-order valence-corrected chi connectivity index (χ3v) is 5.90. The lowest BCUT2D eigenvalue weighted by Crippen LogP contribution is -2.30. The molecule has 1 fully saturated rings.